The van der Waals surface area contributed by atoms with E-state index < -0.39 is 5.97 Å². The number of fused-ring (bicyclic) bond motifs is 3. The van der Waals surface area contributed by atoms with Crippen LogP contribution in [-0.2, 0) is 28.9 Å². The van der Waals surface area contributed by atoms with E-state index >= 15 is 0 Å². The topological polar surface area (TPSA) is 84.7 Å². The van der Waals surface area contributed by atoms with Crippen LogP contribution in [0, 0.1) is 12.8 Å². The van der Waals surface area contributed by atoms with Crippen molar-refractivity contribution in [3.05, 3.63) is 64.5 Å². The van der Waals surface area contributed by atoms with Crippen molar-refractivity contribution in [3.8, 4) is 0 Å². The second-order valence-electron chi connectivity index (χ2n) is 10.5. The number of rotatable bonds is 5. The number of aliphatic carboxylic acids is 1. The highest BCUT2D eigenvalue weighted by Crippen LogP contribution is 2.40. The Morgan fingerprint density at radius 2 is 1.83 bits per heavy atom. The Hall–Kier alpha value is -3.35. The molecule has 5 rings (SSSR count). The molecular formula is C29H35N3O4. The number of ether oxygens (including phenoxy) is 1. The first kappa shape index (κ1) is 24.3. The summed E-state index contributed by atoms with van der Waals surface area (Å²) >= 11 is 0. The largest absolute Gasteiger partial charge is 0.481 e. The minimum absolute atomic E-state index is 0.184. The highest BCUT2D eigenvalue weighted by Gasteiger charge is 2.32. The van der Waals surface area contributed by atoms with Crippen LogP contribution in [0.25, 0.3) is 11.0 Å². The predicted octanol–water partition coefficient (Wildman–Crippen LogP) is 5.63. The average Bonchev–Trinajstić information content (AvgIpc) is 3.29. The third-order valence-electron chi connectivity index (χ3n) is 8.06. The van der Waals surface area contributed by atoms with Gasteiger partial charge in [0.05, 0.1) is 30.6 Å². The van der Waals surface area contributed by atoms with Crippen LogP contribution < -0.4 is 0 Å². The molecule has 0 unspecified atom stereocenters. The zero-order valence-electron chi connectivity index (χ0n) is 21.4. The molecule has 0 spiro atoms. The molecule has 2 aromatic carbocycles. The summed E-state index contributed by atoms with van der Waals surface area (Å²) in [5.41, 5.74) is 6.93. The van der Waals surface area contributed by atoms with Gasteiger partial charge in [-0.15, -0.1) is 0 Å². The van der Waals surface area contributed by atoms with E-state index in [0.717, 1.165) is 48.1 Å². The van der Waals surface area contributed by atoms with Crippen LogP contribution >= 0.6 is 0 Å². The molecule has 1 aliphatic heterocycles. The number of carboxylic acid groups (broad SMARTS) is 1. The molecule has 3 aromatic rings. The molecule has 7 heteroatoms. The van der Waals surface area contributed by atoms with Crippen LogP contribution in [0.3, 0.4) is 0 Å². The summed E-state index contributed by atoms with van der Waals surface area (Å²) in [6.45, 7) is 5.48. The Bertz CT molecular complexity index is 1270. The minimum Gasteiger partial charge on any atom is -0.481 e. The summed E-state index contributed by atoms with van der Waals surface area (Å²) in [5, 5.41) is 9.50. The molecular weight excluding hydrogens is 454 g/mol. The van der Waals surface area contributed by atoms with Crippen LogP contribution in [0.4, 0.5) is 4.79 Å². The number of benzene rings is 2. The van der Waals surface area contributed by atoms with Crippen LogP contribution in [0.5, 0.6) is 0 Å². The van der Waals surface area contributed by atoms with E-state index in [9.17, 15) is 14.7 Å². The fourth-order valence-corrected chi connectivity index (χ4v) is 6.00. The number of imidazole rings is 1. The SMILES string of the molecule is COC(=O)N1CCc2ccc3c(nc(C4CCC(C(=O)O)CC4)n3[C@@H](C)Cc3ccc(C)cc3)c2C1. The van der Waals surface area contributed by atoms with Crippen molar-refractivity contribution in [2.75, 3.05) is 13.7 Å². The number of hydrogen-bond acceptors (Lipinski definition) is 4. The van der Waals surface area contributed by atoms with Crippen molar-refractivity contribution in [3.63, 3.8) is 0 Å². The molecule has 1 aromatic heterocycles. The van der Waals surface area contributed by atoms with Crippen molar-refractivity contribution in [2.24, 2.45) is 5.92 Å². The first-order valence-corrected chi connectivity index (χ1v) is 13.0. The van der Waals surface area contributed by atoms with E-state index in [-0.39, 0.29) is 24.0 Å². The first-order valence-electron chi connectivity index (χ1n) is 13.0. The molecule has 1 aliphatic carbocycles. The first-order chi connectivity index (χ1) is 17.4. The van der Waals surface area contributed by atoms with Gasteiger partial charge in [-0.3, -0.25) is 4.79 Å². The van der Waals surface area contributed by atoms with E-state index in [0.29, 0.717) is 25.9 Å². The highest BCUT2D eigenvalue weighted by molar-refractivity contribution is 5.82. The van der Waals surface area contributed by atoms with Crippen molar-refractivity contribution in [1.29, 1.82) is 0 Å². The van der Waals surface area contributed by atoms with Gasteiger partial charge in [0.15, 0.2) is 0 Å². The third-order valence-corrected chi connectivity index (χ3v) is 8.06. The summed E-state index contributed by atoms with van der Waals surface area (Å²) in [6.07, 6.45) is 4.38. The molecule has 1 saturated carbocycles. The van der Waals surface area contributed by atoms with Crippen molar-refractivity contribution < 1.29 is 19.4 Å². The highest BCUT2D eigenvalue weighted by atomic mass is 16.5. The standard InChI is InChI=1S/C29H35N3O4/c1-18-4-6-20(7-5-18)16-19(2)32-25-13-12-21-14-15-31(29(35)36-3)17-24(21)26(25)30-27(32)22-8-10-23(11-9-22)28(33)34/h4-7,12-13,19,22-23H,8-11,14-17H2,1-3H3,(H,33,34)/t19-,22?,23?/m0/s1. The van der Waals surface area contributed by atoms with Gasteiger partial charge in [0.25, 0.3) is 0 Å². The maximum atomic E-state index is 12.3. The van der Waals surface area contributed by atoms with Gasteiger partial charge in [-0.25, -0.2) is 9.78 Å². The van der Waals surface area contributed by atoms with Crippen LogP contribution in [0.2, 0.25) is 0 Å². The molecule has 36 heavy (non-hydrogen) atoms. The van der Waals surface area contributed by atoms with Crippen molar-refractivity contribution >= 4 is 23.1 Å². The van der Waals surface area contributed by atoms with Crippen LogP contribution in [-0.4, -0.2) is 45.3 Å². The minimum atomic E-state index is -0.688. The molecule has 1 fully saturated rings. The van der Waals surface area contributed by atoms with Gasteiger partial charge < -0.3 is 19.3 Å². The second-order valence-corrected chi connectivity index (χ2v) is 10.5. The van der Waals surface area contributed by atoms with Gasteiger partial charge in [-0.1, -0.05) is 35.9 Å². The summed E-state index contributed by atoms with van der Waals surface area (Å²) in [6, 6.07) is 13.3. The average molecular weight is 490 g/mol. The smallest absolute Gasteiger partial charge is 0.409 e. The number of carboxylic acids is 1. The lowest BCUT2D eigenvalue weighted by atomic mass is 9.81. The zero-order valence-corrected chi connectivity index (χ0v) is 21.4. The monoisotopic (exact) mass is 489 g/mol. The molecule has 190 valence electrons. The zero-order chi connectivity index (χ0) is 25.4. The molecule has 2 heterocycles. The van der Waals surface area contributed by atoms with Crippen molar-refractivity contribution in [1.82, 2.24) is 14.5 Å². The molecule has 1 amide bonds. The quantitative estimate of drug-likeness (QED) is 0.502. The number of methoxy groups -OCH3 is 1. The lowest BCUT2D eigenvalue weighted by Gasteiger charge is -2.28. The Balaban J connectivity index is 1.56. The molecule has 0 bridgehead atoms. The van der Waals surface area contributed by atoms with E-state index in [1.165, 1.54) is 23.8 Å². The summed E-state index contributed by atoms with van der Waals surface area (Å²) in [4.78, 5) is 30.8. The number of aryl methyl sites for hydroxylation is 1. The van der Waals surface area contributed by atoms with Gasteiger partial charge in [0, 0.05) is 24.1 Å². The third kappa shape index (κ3) is 4.59. The summed E-state index contributed by atoms with van der Waals surface area (Å²) < 4.78 is 7.38. The van der Waals surface area contributed by atoms with Gasteiger partial charge >= 0.3 is 12.1 Å². The fourth-order valence-electron chi connectivity index (χ4n) is 6.00. The molecule has 7 nitrogen and oxygen atoms in total. The Kier molecular flexibility index (Phi) is 6.73. The van der Waals surface area contributed by atoms with Crippen LogP contribution in [0.1, 0.15) is 72.6 Å². The molecule has 1 N–H and O–H groups in total. The van der Waals surface area contributed by atoms with Gasteiger partial charge in [-0.05, 0) is 69.6 Å². The van der Waals surface area contributed by atoms with Crippen molar-refractivity contribution in [2.45, 2.75) is 70.9 Å². The second kappa shape index (κ2) is 9.96. The number of carbonyl (C=O) groups excluding carboxylic acids is 1. The molecule has 0 saturated heterocycles. The van der Waals surface area contributed by atoms with Gasteiger partial charge in [0.1, 0.15) is 5.82 Å². The molecule has 2 aliphatic rings. The maximum Gasteiger partial charge on any atom is 0.409 e. The summed E-state index contributed by atoms with van der Waals surface area (Å²) in [5.74, 6) is 0.332. The Morgan fingerprint density at radius 1 is 1.11 bits per heavy atom. The summed E-state index contributed by atoms with van der Waals surface area (Å²) in [7, 11) is 1.42. The van der Waals surface area contributed by atoms with Gasteiger partial charge in [-0.2, -0.15) is 0 Å². The lowest BCUT2D eigenvalue weighted by Crippen LogP contribution is -2.35. The van der Waals surface area contributed by atoms with E-state index in [1.807, 2.05) is 0 Å². The number of amides is 1. The van der Waals surface area contributed by atoms with Gasteiger partial charge in [0.2, 0.25) is 0 Å². The lowest BCUT2D eigenvalue weighted by molar-refractivity contribution is -0.142. The number of nitrogens with zero attached hydrogens (tertiary/aromatic N) is 3. The van der Waals surface area contributed by atoms with Crippen LogP contribution in [0.15, 0.2) is 36.4 Å². The number of aromatic nitrogens is 2. The predicted molar refractivity (Wildman–Crippen MR) is 138 cm³/mol. The Labute approximate surface area is 212 Å². The number of carbonyl (C=O) groups is 2. The molecule has 1 atom stereocenters. The van der Waals surface area contributed by atoms with E-state index in [2.05, 4.69) is 54.8 Å². The fraction of sp³-hybridized carbons (Fsp3) is 0.483. The Morgan fingerprint density at radius 3 is 2.50 bits per heavy atom. The van der Waals surface area contributed by atoms with E-state index in [1.54, 1.807) is 4.90 Å². The normalized spacial score (nSPS) is 20.7. The molecule has 0 radical (unpaired) electrons. The number of hydrogen-bond donors (Lipinski definition) is 1. The maximum absolute atomic E-state index is 12.3. The van der Waals surface area contributed by atoms with E-state index in [4.69, 9.17) is 9.72 Å².